The minimum atomic E-state index is -0.740. The average molecular weight is 230 g/mol. The lowest BCUT2D eigenvalue weighted by Crippen LogP contribution is -2.34. The highest BCUT2D eigenvalue weighted by molar-refractivity contribution is 5.80. The van der Waals surface area contributed by atoms with E-state index in [1.165, 1.54) is 0 Å². The fraction of sp³-hybridized carbons (Fsp3) is 0.889. The number of carbonyl (C=O) groups is 1. The summed E-state index contributed by atoms with van der Waals surface area (Å²) >= 11 is 0. The van der Waals surface area contributed by atoms with Crippen LogP contribution in [0.1, 0.15) is 25.7 Å². The van der Waals surface area contributed by atoms with Crippen molar-refractivity contribution in [2.75, 3.05) is 6.61 Å². The number of hydrogen-bond acceptors (Lipinski definition) is 5. The molecule has 0 radical (unpaired) electrons. The fourth-order valence-electron chi connectivity index (χ4n) is 1.70. The molecule has 90 valence electrons. The monoisotopic (exact) mass is 230 g/mol. The molecule has 2 fully saturated rings. The minimum Gasteiger partial charge on any atom is -0.350 e. The van der Waals surface area contributed by atoms with Crippen molar-refractivity contribution < 1.29 is 19.3 Å². The van der Waals surface area contributed by atoms with Crippen molar-refractivity contribution in [2.24, 2.45) is 5.92 Å². The number of nitrogens with one attached hydrogen (secondary N) is 1. The van der Waals surface area contributed by atoms with E-state index in [0.29, 0.717) is 13.0 Å². The molecule has 7 nitrogen and oxygen atoms in total. The van der Waals surface area contributed by atoms with E-state index in [0.717, 1.165) is 19.3 Å². The van der Waals surface area contributed by atoms with Crippen LogP contribution in [0.3, 0.4) is 0 Å². The van der Waals surface area contributed by atoms with Gasteiger partial charge in [0.2, 0.25) is 6.04 Å². The number of nitro groups is 1. The van der Waals surface area contributed by atoms with Gasteiger partial charge < -0.3 is 4.74 Å². The number of ether oxygens (including phenoxy) is 1. The van der Waals surface area contributed by atoms with Crippen LogP contribution in [0.4, 0.5) is 0 Å². The van der Waals surface area contributed by atoms with Crippen molar-refractivity contribution >= 4 is 5.91 Å². The fourth-order valence-corrected chi connectivity index (χ4v) is 1.70. The standard InChI is InChI=1S/C9H14N2O5/c12-9(6-5-7(6)11(13)14)10-16-8-3-1-2-4-15-8/h6-8H,1-5H2,(H,10,12)/t6-,7+,8-/m1/s1. The lowest BCUT2D eigenvalue weighted by Gasteiger charge is -2.21. The zero-order chi connectivity index (χ0) is 11.5. The topological polar surface area (TPSA) is 90.7 Å². The molecule has 1 heterocycles. The molecule has 1 N–H and O–H groups in total. The predicted molar refractivity (Wildman–Crippen MR) is 51.7 cm³/mol. The van der Waals surface area contributed by atoms with Gasteiger partial charge in [0.1, 0.15) is 5.92 Å². The summed E-state index contributed by atoms with van der Waals surface area (Å²) in [6.45, 7) is 0.626. The van der Waals surface area contributed by atoms with Crippen molar-refractivity contribution in [3.63, 3.8) is 0 Å². The third kappa shape index (κ3) is 2.67. The highest BCUT2D eigenvalue weighted by Gasteiger charge is 2.53. The molecule has 2 aliphatic rings. The summed E-state index contributed by atoms with van der Waals surface area (Å²) in [7, 11) is 0. The quantitative estimate of drug-likeness (QED) is 0.551. The van der Waals surface area contributed by atoms with Crippen LogP contribution in [-0.2, 0) is 14.4 Å². The highest BCUT2D eigenvalue weighted by atomic mass is 16.8. The Balaban J connectivity index is 1.66. The summed E-state index contributed by atoms with van der Waals surface area (Å²) in [5.41, 5.74) is 2.23. The first-order valence-corrected chi connectivity index (χ1v) is 5.39. The molecule has 0 aromatic rings. The summed E-state index contributed by atoms with van der Waals surface area (Å²) < 4.78 is 5.23. The van der Waals surface area contributed by atoms with E-state index in [1.54, 1.807) is 0 Å². The van der Waals surface area contributed by atoms with E-state index in [9.17, 15) is 14.9 Å². The van der Waals surface area contributed by atoms with E-state index in [1.807, 2.05) is 0 Å². The van der Waals surface area contributed by atoms with Crippen LogP contribution in [0.15, 0.2) is 0 Å². The van der Waals surface area contributed by atoms with Crippen molar-refractivity contribution in [2.45, 2.75) is 38.0 Å². The minimum absolute atomic E-state index is 0.299. The molecular formula is C9H14N2O5. The van der Waals surface area contributed by atoms with Gasteiger partial charge in [-0.15, -0.1) is 0 Å². The van der Waals surface area contributed by atoms with Gasteiger partial charge in [-0.05, 0) is 12.8 Å². The van der Waals surface area contributed by atoms with Gasteiger partial charge in [0, 0.05) is 24.4 Å². The molecule has 1 amide bonds. The number of hydrogen-bond donors (Lipinski definition) is 1. The first-order valence-electron chi connectivity index (χ1n) is 5.39. The second-order valence-electron chi connectivity index (χ2n) is 4.08. The Morgan fingerprint density at radius 2 is 2.31 bits per heavy atom. The van der Waals surface area contributed by atoms with Gasteiger partial charge in [-0.3, -0.25) is 14.9 Å². The van der Waals surface area contributed by atoms with Gasteiger partial charge in [0.05, 0.1) is 0 Å². The number of rotatable bonds is 4. The van der Waals surface area contributed by atoms with Crippen molar-refractivity contribution in [1.82, 2.24) is 5.48 Å². The van der Waals surface area contributed by atoms with E-state index >= 15 is 0 Å². The van der Waals surface area contributed by atoms with Crippen molar-refractivity contribution in [3.05, 3.63) is 10.1 Å². The Hall–Kier alpha value is -1.21. The van der Waals surface area contributed by atoms with Crippen molar-refractivity contribution in [1.29, 1.82) is 0 Å². The molecule has 1 saturated heterocycles. The van der Waals surface area contributed by atoms with E-state index in [-0.39, 0.29) is 0 Å². The molecule has 0 aromatic heterocycles. The Labute approximate surface area is 92.2 Å². The van der Waals surface area contributed by atoms with Crippen LogP contribution >= 0.6 is 0 Å². The number of nitrogens with zero attached hydrogens (tertiary/aromatic N) is 1. The normalized spacial score (nSPS) is 33.1. The molecular weight excluding hydrogens is 216 g/mol. The first-order chi connectivity index (χ1) is 7.68. The maximum Gasteiger partial charge on any atom is 0.253 e. The molecule has 1 aliphatic carbocycles. The molecule has 3 atom stereocenters. The number of carbonyl (C=O) groups excluding carboxylic acids is 1. The second kappa shape index (κ2) is 4.75. The third-order valence-corrected chi connectivity index (χ3v) is 2.79. The predicted octanol–water partition coefficient (Wildman–Crippen LogP) is 0.226. The van der Waals surface area contributed by atoms with Crippen LogP contribution in [0, 0.1) is 16.0 Å². The van der Waals surface area contributed by atoms with Crippen LogP contribution in [0.2, 0.25) is 0 Å². The molecule has 0 aromatic carbocycles. The van der Waals surface area contributed by atoms with Crippen molar-refractivity contribution in [3.8, 4) is 0 Å². The second-order valence-corrected chi connectivity index (χ2v) is 4.08. The smallest absolute Gasteiger partial charge is 0.253 e. The number of hydroxylamine groups is 1. The maximum absolute atomic E-state index is 11.4. The maximum atomic E-state index is 11.4. The third-order valence-electron chi connectivity index (χ3n) is 2.79. The lowest BCUT2D eigenvalue weighted by atomic mass is 10.2. The highest BCUT2D eigenvalue weighted by Crippen LogP contribution is 2.33. The van der Waals surface area contributed by atoms with E-state index < -0.39 is 29.1 Å². The molecule has 7 heteroatoms. The van der Waals surface area contributed by atoms with Crippen LogP contribution < -0.4 is 5.48 Å². The Morgan fingerprint density at radius 1 is 1.50 bits per heavy atom. The summed E-state index contributed by atoms with van der Waals surface area (Å²) in [6.07, 6.45) is 2.63. The van der Waals surface area contributed by atoms with Gasteiger partial charge in [0.25, 0.3) is 5.91 Å². The van der Waals surface area contributed by atoms with Gasteiger partial charge in [-0.25, -0.2) is 10.3 Å². The van der Waals surface area contributed by atoms with Crippen LogP contribution in [-0.4, -0.2) is 29.8 Å². The molecule has 0 spiro atoms. The Morgan fingerprint density at radius 3 is 2.88 bits per heavy atom. The number of amides is 1. The molecule has 1 aliphatic heterocycles. The first kappa shape index (κ1) is 11.3. The molecule has 16 heavy (non-hydrogen) atoms. The summed E-state index contributed by atoms with van der Waals surface area (Å²) in [6, 6.07) is -0.740. The Kier molecular flexibility index (Phi) is 3.35. The zero-order valence-corrected chi connectivity index (χ0v) is 8.76. The molecule has 2 rings (SSSR count). The van der Waals surface area contributed by atoms with Gasteiger partial charge in [0.15, 0.2) is 6.29 Å². The molecule has 1 saturated carbocycles. The van der Waals surface area contributed by atoms with Crippen LogP contribution in [0.25, 0.3) is 0 Å². The lowest BCUT2D eigenvalue weighted by molar-refractivity contribution is -0.497. The Bertz CT molecular complexity index is 290. The average Bonchev–Trinajstić information content (AvgIpc) is 3.07. The molecule has 0 bridgehead atoms. The van der Waals surface area contributed by atoms with Gasteiger partial charge >= 0.3 is 0 Å². The van der Waals surface area contributed by atoms with Gasteiger partial charge in [-0.2, -0.15) is 0 Å². The van der Waals surface area contributed by atoms with E-state index in [2.05, 4.69) is 5.48 Å². The summed E-state index contributed by atoms with van der Waals surface area (Å²) in [5, 5.41) is 10.3. The zero-order valence-electron chi connectivity index (χ0n) is 8.76. The SMILES string of the molecule is O=C(NO[C@@H]1CCCCO1)[C@@H]1C[C@@H]1[N+](=O)[O-]. The summed E-state index contributed by atoms with van der Waals surface area (Å²) in [5.74, 6) is -0.963. The summed E-state index contributed by atoms with van der Waals surface area (Å²) in [4.78, 5) is 26.3. The van der Waals surface area contributed by atoms with Crippen LogP contribution in [0.5, 0.6) is 0 Å². The largest absolute Gasteiger partial charge is 0.350 e. The van der Waals surface area contributed by atoms with Gasteiger partial charge in [-0.1, -0.05) is 0 Å². The molecule has 0 unspecified atom stereocenters. The van der Waals surface area contributed by atoms with E-state index in [4.69, 9.17) is 9.57 Å².